The summed E-state index contributed by atoms with van der Waals surface area (Å²) in [6.45, 7) is 4.93. The van der Waals surface area contributed by atoms with Crippen LogP contribution < -0.4 is 4.72 Å². The number of rotatable bonds is 7. The van der Waals surface area contributed by atoms with Gasteiger partial charge in [0.15, 0.2) is 5.03 Å². The smallest absolute Gasteiger partial charge is 0.259 e. The molecule has 2 heterocycles. The van der Waals surface area contributed by atoms with Gasteiger partial charge in [-0.2, -0.15) is 0 Å². The molecule has 0 amide bonds. The van der Waals surface area contributed by atoms with Gasteiger partial charge in [-0.15, -0.1) is 0 Å². The monoisotopic (exact) mass is 311 g/mol. The molecule has 0 atom stereocenters. The van der Waals surface area contributed by atoms with Crippen LogP contribution in [-0.2, 0) is 30.0 Å². The van der Waals surface area contributed by atoms with Crippen LogP contribution >= 0.6 is 0 Å². The fourth-order valence-corrected chi connectivity index (χ4v) is 3.15. The van der Waals surface area contributed by atoms with E-state index in [0.717, 1.165) is 18.8 Å². The van der Waals surface area contributed by atoms with E-state index >= 15 is 0 Å². The van der Waals surface area contributed by atoms with E-state index in [0.29, 0.717) is 18.8 Å². The Balaban J connectivity index is 1.88. The zero-order valence-electron chi connectivity index (χ0n) is 12.6. The number of imidazole rings is 2. The molecule has 0 spiro atoms. The van der Waals surface area contributed by atoms with Crippen molar-refractivity contribution in [3.63, 3.8) is 0 Å². The molecule has 21 heavy (non-hydrogen) atoms. The van der Waals surface area contributed by atoms with Crippen molar-refractivity contribution in [1.29, 1.82) is 0 Å². The highest BCUT2D eigenvalue weighted by atomic mass is 32.2. The highest BCUT2D eigenvalue weighted by Crippen LogP contribution is 2.07. The number of hydrogen-bond donors (Lipinski definition) is 1. The molecule has 0 fully saturated rings. The molecule has 0 unspecified atom stereocenters. The first-order valence-corrected chi connectivity index (χ1v) is 8.42. The Morgan fingerprint density at radius 2 is 2.14 bits per heavy atom. The van der Waals surface area contributed by atoms with E-state index in [9.17, 15) is 8.42 Å². The summed E-state index contributed by atoms with van der Waals surface area (Å²) in [7, 11) is -1.76. The van der Waals surface area contributed by atoms with Crippen molar-refractivity contribution in [1.82, 2.24) is 23.8 Å². The largest absolute Gasteiger partial charge is 0.337 e. The topological polar surface area (TPSA) is 81.8 Å². The number of aryl methyl sites for hydroxylation is 4. The van der Waals surface area contributed by atoms with Gasteiger partial charge in [0, 0.05) is 45.1 Å². The van der Waals surface area contributed by atoms with Crippen LogP contribution in [0.2, 0.25) is 0 Å². The molecular formula is C13H21N5O2S. The first-order valence-electron chi connectivity index (χ1n) is 6.93. The predicted molar refractivity (Wildman–Crippen MR) is 79.4 cm³/mol. The van der Waals surface area contributed by atoms with Crippen LogP contribution in [0.5, 0.6) is 0 Å². The van der Waals surface area contributed by atoms with E-state index in [4.69, 9.17) is 0 Å². The molecule has 8 heteroatoms. The lowest BCUT2D eigenvalue weighted by Gasteiger charge is -2.07. The number of nitrogens with zero attached hydrogens (tertiary/aromatic N) is 4. The highest BCUT2D eigenvalue weighted by molar-refractivity contribution is 7.89. The summed E-state index contributed by atoms with van der Waals surface area (Å²) in [4.78, 5) is 8.27. The van der Waals surface area contributed by atoms with E-state index in [1.165, 1.54) is 6.20 Å². The zero-order chi connectivity index (χ0) is 15.5. The van der Waals surface area contributed by atoms with Gasteiger partial charge in [-0.1, -0.05) is 6.92 Å². The summed E-state index contributed by atoms with van der Waals surface area (Å²) in [6.07, 6.45) is 6.76. The van der Waals surface area contributed by atoms with Crippen LogP contribution in [0.25, 0.3) is 0 Å². The van der Waals surface area contributed by atoms with Crippen LogP contribution in [-0.4, -0.2) is 34.1 Å². The Morgan fingerprint density at radius 3 is 2.76 bits per heavy atom. The molecule has 0 saturated heterocycles. The van der Waals surface area contributed by atoms with Crippen molar-refractivity contribution in [2.75, 3.05) is 6.54 Å². The molecule has 116 valence electrons. The Hall–Kier alpha value is -1.67. The second-order valence-corrected chi connectivity index (χ2v) is 6.59. The quantitative estimate of drug-likeness (QED) is 0.769. The predicted octanol–water partition coefficient (Wildman–Crippen LogP) is 0.856. The summed E-state index contributed by atoms with van der Waals surface area (Å²) < 4.78 is 30.5. The number of nitrogens with one attached hydrogen (secondary N) is 1. The summed E-state index contributed by atoms with van der Waals surface area (Å²) in [5.74, 6) is 1.68. The lowest BCUT2D eigenvalue weighted by Crippen LogP contribution is -2.26. The third-order valence-corrected chi connectivity index (χ3v) is 4.68. The molecular weight excluding hydrogens is 290 g/mol. The fraction of sp³-hybridized carbons (Fsp3) is 0.538. The molecule has 0 bridgehead atoms. The maximum absolute atomic E-state index is 12.1. The minimum absolute atomic E-state index is 0.0689. The Kier molecular flexibility index (Phi) is 4.79. The third-order valence-electron chi connectivity index (χ3n) is 3.35. The van der Waals surface area contributed by atoms with Crippen LogP contribution in [0.4, 0.5) is 0 Å². The Morgan fingerprint density at radius 1 is 1.38 bits per heavy atom. The maximum Gasteiger partial charge on any atom is 0.259 e. The number of hydrogen-bond acceptors (Lipinski definition) is 4. The molecule has 2 aromatic rings. The SMILES string of the molecule is CCc1nccn1CCCNS(=O)(=O)c1cn(C)c(C)n1. The highest BCUT2D eigenvalue weighted by Gasteiger charge is 2.17. The van der Waals surface area contributed by atoms with Crippen molar-refractivity contribution in [2.24, 2.45) is 7.05 Å². The minimum atomic E-state index is -3.53. The molecule has 0 aliphatic heterocycles. The van der Waals surface area contributed by atoms with Gasteiger partial charge in [0.2, 0.25) is 0 Å². The number of sulfonamides is 1. The molecule has 7 nitrogen and oxygen atoms in total. The fourth-order valence-electron chi connectivity index (χ4n) is 2.04. The van der Waals surface area contributed by atoms with Crippen LogP contribution in [0.3, 0.4) is 0 Å². The van der Waals surface area contributed by atoms with Gasteiger partial charge in [0.1, 0.15) is 11.6 Å². The van der Waals surface area contributed by atoms with Crippen molar-refractivity contribution in [2.45, 2.75) is 38.3 Å². The molecule has 2 aromatic heterocycles. The normalized spacial score (nSPS) is 12.0. The van der Waals surface area contributed by atoms with Gasteiger partial charge in [-0.25, -0.2) is 23.1 Å². The first kappa shape index (κ1) is 15.7. The molecule has 0 radical (unpaired) electrons. The van der Waals surface area contributed by atoms with E-state index in [2.05, 4.69) is 14.7 Å². The molecule has 0 saturated carbocycles. The van der Waals surface area contributed by atoms with Crippen molar-refractivity contribution in [3.05, 3.63) is 30.2 Å². The molecule has 2 rings (SSSR count). The summed E-state index contributed by atoms with van der Waals surface area (Å²) >= 11 is 0. The van der Waals surface area contributed by atoms with Gasteiger partial charge in [0.25, 0.3) is 10.0 Å². The van der Waals surface area contributed by atoms with Gasteiger partial charge in [-0.05, 0) is 13.3 Å². The Labute approximate surface area is 125 Å². The van der Waals surface area contributed by atoms with Crippen LogP contribution in [0, 0.1) is 6.92 Å². The van der Waals surface area contributed by atoms with E-state index in [1.807, 2.05) is 17.7 Å². The summed E-state index contributed by atoms with van der Waals surface area (Å²) in [6, 6.07) is 0. The van der Waals surface area contributed by atoms with Gasteiger partial charge in [0.05, 0.1) is 0 Å². The molecule has 0 aliphatic carbocycles. The van der Waals surface area contributed by atoms with Crippen molar-refractivity contribution < 1.29 is 8.42 Å². The zero-order valence-corrected chi connectivity index (χ0v) is 13.4. The lowest BCUT2D eigenvalue weighted by atomic mass is 10.4. The van der Waals surface area contributed by atoms with Crippen LogP contribution in [0.1, 0.15) is 25.0 Å². The lowest BCUT2D eigenvalue weighted by molar-refractivity contribution is 0.563. The van der Waals surface area contributed by atoms with Crippen LogP contribution in [0.15, 0.2) is 23.6 Å². The average molecular weight is 311 g/mol. The second-order valence-electron chi connectivity index (χ2n) is 4.88. The Bertz CT molecular complexity index is 682. The first-order chi connectivity index (χ1) is 9.94. The summed E-state index contributed by atoms with van der Waals surface area (Å²) in [5.41, 5.74) is 0. The van der Waals surface area contributed by atoms with Gasteiger partial charge >= 0.3 is 0 Å². The van der Waals surface area contributed by atoms with E-state index in [-0.39, 0.29) is 5.03 Å². The molecule has 1 N–H and O–H groups in total. The maximum atomic E-state index is 12.1. The number of aromatic nitrogens is 4. The standard InChI is InChI=1S/C13H21N5O2S/c1-4-12-14-7-9-18(12)8-5-6-15-21(19,20)13-10-17(3)11(2)16-13/h7,9-10,15H,4-6,8H2,1-3H3. The van der Waals surface area contributed by atoms with Gasteiger partial charge < -0.3 is 9.13 Å². The third kappa shape index (κ3) is 3.70. The van der Waals surface area contributed by atoms with Crippen molar-refractivity contribution in [3.8, 4) is 0 Å². The second kappa shape index (κ2) is 6.40. The van der Waals surface area contributed by atoms with Crippen molar-refractivity contribution >= 4 is 10.0 Å². The van der Waals surface area contributed by atoms with E-state index < -0.39 is 10.0 Å². The molecule has 0 aliphatic rings. The van der Waals surface area contributed by atoms with Gasteiger partial charge in [-0.3, -0.25) is 0 Å². The summed E-state index contributed by atoms with van der Waals surface area (Å²) in [5, 5.41) is 0.0689. The molecule has 0 aromatic carbocycles. The average Bonchev–Trinajstić information content (AvgIpc) is 3.02. The minimum Gasteiger partial charge on any atom is -0.337 e. The van der Waals surface area contributed by atoms with E-state index in [1.54, 1.807) is 24.7 Å².